The smallest absolute Gasteiger partial charge is 0.232 e. The fourth-order valence-corrected chi connectivity index (χ4v) is 8.21. The molecule has 0 saturated heterocycles. The quantitative estimate of drug-likeness (QED) is 0.464. The van der Waals surface area contributed by atoms with Gasteiger partial charge in [0.1, 0.15) is 0 Å². The number of hydrogen-bond donors (Lipinski definition) is 1. The third-order valence-corrected chi connectivity index (χ3v) is 9.44. The largest absolute Gasteiger partial charge is 0.301 e. The van der Waals surface area contributed by atoms with E-state index in [1.54, 1.807) is 11.3 Å². The number of aromatic nitrogens is 1. The van der Waals surface area contributed by atoms with E-state index in [4.69, 9.17) is 11.6 Å². The van der Waals surface area contributed by atoms with Crippen molar-refractivity contribution in [1.29, 1.82) is 0 Å². The molecule has 160 valence electrons. The predicted molar refractivity (Wildman–Crippen MR) is 128 cm³/mol. The summed E-state index contributed by atoms with van der Waals surface area (Å²) in [5.41, 5.74) is 4.53. The zero-order valence-corrected chi connectivity index (χ0v) is 19.6. The van der Waals surface area contributed by atoms with Crippen molar-refractivity contribution >= 4 is 44.2 Å². The second kappa shape index (κ2) is 6.79. The standard InChI is InChI=1S/C26H27ClN2OS/c1-15-3-5-19(6-4-15)25-10-17-8-18(11-25)13-26(12-17,14-25)23(30)29-24-28-21-9-20(27)16(2)7-22(21)31-24/h3-7,9,17-18H,8,10-14H2,1-2H3,(H,28,29,30)/t17-,18+,25?,26?. The topological polar surface area (TPSA) is 42.0 Å². The zero-order valence-electron chi connectivity index (χ0n) is 18.0. The number of nitrogens with zero attached hydrogens (tertiary/aromatic N) is 1. The van der Waals surface area contributed by atoms with Gasteiger partial charge in [-0.05, 0) is 92.9 Å². The van der Waals surface area contributed by atoms with Crippen LogP contribution in [-0.4, -0.2) is 10.9 Å². The highest BCUT2D eigenvalue weighted by Crippen LogP contribution is 2.66. The van der Waals surface area contributed by atoms with Crippen LogP contribution in [0.5, 0.6) is 0 Å². The molecule has 4 aliphatic carbocycles. The molecule has 4 atom stereocenters. The Balaban J connectivity index is 1.32. The summed E-state index contributed by atoms with van der Waals surface area (Å²) in [5.74, 6) is 1.50. The first kappa shape index (κ1) is 19.8. The number of halogens is 1. The minimum atomic E-state index is -0.264. The van der Waals surface area contributed by atoms with Crippen LogP contribution in [0.15, 0.2) is 36.4 Å². The second-order valence-electron chi connectivity index (χ2n) is 10.4. The van der Waals surface area contributed by atoms with Crippen molar-refractivity contribution in [2.24, 2.45) is 17.3 Å². The van der Waals surface area contributed by atoms with Gasteiger partial charge in [0, 0.05) is 5.02 Å². The van der Waals surface area contributed by atoms with Crippen LogP contribution in [-0.2, 0) is 10.2 Å². The molecule has 7 rings (SSSR count). The maximum atomic E-state index is 13.7. The van der Waals surface area contributed by atoms with Gasteiger partial charge in [-0.3, -0.25) is 4.79 Å². The number of nitrogens with one attached hydrogen (secondary N) is 1. The van der Waals surface area contributed by atoms with Gasteiger partial charge in [0.2, 0.25) is 5.91 Å². The Labute approximate surface area is 192 Å². The molecule has 2 unspecified atom stereocenters. The lowest BCUT2D eigenvalue weighted by molar-refractivity contribution is -0.143. The predicted octanol–water partition coefficient (Wildman–Crippen LogP) is 7.04. The third kappa shape index (κ3) is 3.14. The van der Waals surface area contributed by atoms with E-state index in [0.29, 0.717) is 17.0 Å². The van der Waals surface area contributed by atoms with Crippen molar-refractivity contribution < 1.29 is 4.79 Å². The Hall–Kier alpha value is -1.91. The number of hydrogen-bond acceptors (Lipinski definition) is 3. The summed E-state index contributed by atoms with van der Waals surface area (Å²) in [7, 11) is 0. The second-order valence-corrected chi connectivity index (χ2v) is 11.9. The molecule has 1 heterocycles. The molecule has 1 aromatic heterocycles. The third-order valence-electron chi connectivity index (χ3n) is 8.10. The molecule has 3 aromatic rings. The van der Waals surface area contributed by atoms with Crippen LogP contribution in [0.2, 0.25) is 5.02 Å². The molecular weight excluding hydrogens is 424 g/mol. The Kier molecular flexibility index (Phi) is 4.33. The molecule has 5 heteroatoms. The van der Waals surface area contributed by atoms with Crippen LogP contribution in [0.3, 0.4) is 0 Å². The molecule has 0 radical (unpaired) electrons. The summed E-state index contributed by atoms with van der Waals surface area (Å²) in [4.78, 5) is 18.4. The monoisotopic (exact) mass is 450 g/mol. The highest BCUT2D eigenvalue weighted by atomic mass is 35.5. The highest BCUT2D eigenvalue weighted by molar-refractivity contribution is 7.22. The fraction of sp³-hybridized carbons (Fsp3) is 0.462. The van der Waals surface area contributed by atoms with Gasteiger partial charge in [0.05, 0.1) is 15.6 Å². The van der Waals surface area contributed by atoms with Gasteiger partial charge in [0.15, 0.2) is 5.13 Å². The average molecular weight is 451 g/mol. The van der Waals surface area contributed by atoms with Crippen LogP contribution in [0.4, 0.5) is 5.13 Å². The summed E-state index contributed by atoms with van der Waals surface area (Å²) in [5, 5.41) is 4.65. The van der Waals surface area contributed by atoms with Crippen LogP contribution in [0.1, 0.15) is 55.2 Å². The number of benzene rings is 2. The maximum Gasteiger partial charge on any atom is 0.232 e. The van der Waals surface area contributed by atoms with E-state index in [1.165, 1.54) is 30.4 Å². The lowest BCUT2D eigenvalue weighted by Crippen LogP contribution is -2.57. The summed E-state index contributed by atoms with van der Waals surface area (Å²) in [6.45, 7) is 4.14. The first-order valence-corrected chi connectivity index (χ1v) is 12.5. The molecule has 31 heavy (non-hydrogen) atoms. The molecule has 1 amide bonds. The van der Waals surface area contributed by atoms with Crippen LogP contribution in [0.25, 0.3) is 10.2 Å². The van der Waals surface area contributed by atoms with Crippen molar-refractivity contribution in [3.05, 3.63) is 58.1 Å². The van der Waals surface area contributed by atoms with Gasteiger partial charge < -0.3 is 5.32 Å². The summed E-state index contributed by atoms with van der Waals surface area (Å²) in [6.07, 6.45) is 6.79. The van der Waals surface area contributed by atoms with Gasteiger partial charge in [0.25, 0.3) is 0 Å². The molecule has 4 fully saturated rings. The number of aryl methyl sites for hydroxylation is 2. The Bertz CT molecular complexity index is 1150. The SMILES string of the molecule is Cc1ccc(C23C[C@@H]4C[C@@H](CC(C(=O)Nc5nc6cc(Cl)c(C)cc6s5)(C4)C2)C3)cc1. The highest BCUT2D eigenvalue weighted by Gasteiger charge is 2.61. The number of amides is 1. The lowest BCUT2D eigenvalue weighted by atomic mass is 9.42. The molecule has 3 nitrogen and oxygen atoms in total. The van der Waals surface area contributed by atoms with Crippen molar-refractivity contribution in [3.63, 3.8) is 0 Å². The van der Waals surface area contributed by atoms with Crippen molar-refractivity contribution in [1.82, 2.24) is 4.98 Å². The molecule has 2 aromatic carbocycles. The van der Waals surface area contributed by atoms with E-state index >= 15 is 0 Å². The van der Waals surface area contributed by atoms with E-state index in [2.05, 4.69) is 47.6 Å². The molecule has 1 N–H and O–H groups in total. The molecule has 4 saturated carbocycles. The molecule has 0 aliphatic heterocycles. The number of carbonyl (C=O) groups excluding carboxylic acids is 1. The van der Waals surface area contributed by atoms with Gasteiger partial charge in [-0.25, -0.2) is 4.98 Å². The minimum Gasteiger partial charge on any atom is -0.301 e. The van der Waals surface area contributed by atoms with E-state index < -0.39 is 0 Å². The first-order valence-electron chi connectivity index (χ1n) is 11.3. The maximum absolute atomic E-state index is 13.7. The van der Waals surface area contributed by atoms with Crippen LogP contribution < -0.4 is 5.32 Å². The lowest BCUT2D eigenvalue weighted by Gasteiger charge is -2.61. The number of anilines is 1. The van der Waals surface area contributed by atoms with Crippen LogP contribution in [0, 0.1) is 31.1 Å². The summed E-state index contributed by atoms with van der Waals surface area (Å²) < 4.78 is 1.07. The number of thiazole rings is 1. The number of rotatable bonds is 3. The van der Waals surface area contributed by atoms with E-state index in [-0.39, 0.29) is 16.7 Å². The summed E-state index contributed by atoms with van der Waals surface area (Å²) >= 11 is 7.82. The van der Waals surface area contributed by atoms with Gasteiger partial charge in [-0.15, -0.1) is 0 Å². The van der Waals surface area contributed by atoms with E-state index in [9.17, 15) is 4.79 Å². The number of fused-ring (bicyclic) bond motifs is 1. The Morgan fingerprint density at radius 2 is 1.81 bits per heavy atom. The molecule has 0 spiro atoms. The van der Waals surface area contributed by atoms with Crippen molar-refractivity contribution in [2.75, 3.05) is 5.32 Å². The van der Waals surface area contributed by atoms with Crippen molar-refractivity contribution in [3.8, 4) is 0 Å². The minimum absolute atomic E-state index is 0.160. The van der Waals surface area contributed by atoms with Gasteiger partial charge in [-0.2, -0.15) is 0 Å². The molecule has 4 bridgehead atoms. The van der Waals surface area contributed by atoms with Gasteiger partial charge in [-0.1, -0.05) is 52.8 Å². The van der Waals surface area contributed by atoms with Crippen LogP contribution >= 0.6 is 22.9 Å². The van der Waals surface area contributed by atoms with E-state index in [1.807, 2.05) is 13.0 Å². The van der Waals surface area contributed by atoms with E-state index in [0.717, 1.165) is 40.1 Å². The normalized spacial score (nSPS) is 31.3. The zero-order chi connectivity index (χ0) is 21.4. The number of carbonyl (C=O) groups is 1. The first-order chi connectivity index (χ1) is 14.8. The average Bonchev–Trinajstić information content (AvgIpc) is 3.08. The Morgan fingerprint density at radius 3 is 2.52 bits per heavy atom. The van der Waals surface area contributed by atoms with Gasteiger partial charge >= 0.3 is 0 Å². The molecule has 4 aliphatic rings. The van der Waals surface area contributed by atoms with Crippen molar-refractivity contribution in [2.45, 2.75) is 57.8 Å². The summed E-state index contributed by atoms with van der Waals surface area (Å²) in [6, 6.07) is 13.0. The Morgan fingerprint density at radius 1 is 1.10 bits per heavy atom. The molecular formula is C26H27ClN2OS. The fourth-order valence-electron chi connectivity index (χ4n) is 7.11.